The van der Waals surface area contributed by atoms with Crippen LogP contribution in [0.15, 0.2) is 59.5 Å². The maximum Gasteiger partial charge on any atom is 0.342 e. The number of anilines is 1. The fourth-order valence-electron chi connectivity index (χ4n) is 4.00. The number of fused-ring (bicyclic) bond motifs is 1. The SMILES string of the molecule is COc1ccc(NC(=O)COC(=O)c2cc3ccccc3cc2O)cc1S(=O)(=O)N1CCCCC1. The highest BCUT2D eigenvalue weighted by Gasteiger charge is 2.29. The van der Waals surface area contributed by atoms with Crippen molar-refractivity contribution in [1.29, 1.82) is 0 Å². The lowest BCUT2D eigenvalue weighted by Crippen LogP contribution is -2.35. The van der Waals surface area contributed by atoms with E-state index in [9.17, 15) is 23.1 Å². The summed E-state index contributed by atoms with van der Waals surface area (Å²) in [6.07, 6.45) is 2.56. The standard InChI is InChI=1S/C25H26N2O7S/c1-33-22-10-9-19(15-23(22)35(31,32)27-11-5-2-6-12-27)26-24(29)16-34-25(30)20-13-17-7-3-4-8-18(17)14-21(20)28/h3-4,7-10,13-15,28H,2,5-6,11-12,16H2,1H3,(H,26,29). The number of carbonyl (C=O) groups is 2. The Morgan fingerprint density at radius 1 is 1.00 bits per heavy atom. The van der Waals surface area contributed by atoms with Gasteiger partial charge in [-0.05, 0) is 53.9 Å². The molecule has 4 rings (SSSR count). The van der Waals surface area contributed by atoms with Crippen LogP contribution in [0.2, 0.25) is 0 Å². The summed E-state index contributed by atoms with van der Waals surface area (Å²) in [4.78, 5) is 24.8. The van der Waals surface area contributed by atoms with Gasteiger partial charge in [0.25, 0.3) is 5.91 Å². The van der Waals surface area contributed by atoms with E-state index in [4.69, 9.17) is 9.47 Å². The molecule has 1 aliphatic rings. The van der Waals surface area contributed by atoms with E-state index in [2.05, 4.69) is 5.32 Å². The van der Waals surface area contributed by atoms with Crippen LogP contribution in [-0.2, 0) is 19.6 Å². The van der Waals surface area contributed by atoms with Gasteiger partial charge in [-0.25, -0.2) is 13.2 Å². The Labute approximate surface area is 203 Å². The van der Waals surface area contributed by atoms with Crippen LogP contribution in [-0.4, -0.2) is 56.5 Å². The first-order valence-corrected chi connectivity index (χ1v) is 12.6. The molecule has 1 heterocycles. The average molecular weight is 499 g/mol. The quantitative estimate of drug-likeness (QED) is 0.478. The molecule has 2 N–H and O–H groups in total. The Kier molecular flexibility index (Phi) is 7.23. The molecule has 1 saturated heterocycles. The lowest BCUT2D eigenvalue weighted by atomic mass is 10.1. The van der Waals surface area contributed by atoms with E-state index in [0.29, 0.717) is 13.1 Å². The van der Waals surface area contributed by atoms with Crippen LogP contribution < -0.4 is 10.1 Å². The molecule has 1 amide bonds. The molecule has 10 heteroatoms. The first-order valence-electron chi connectivity index (χ1n) is 11.2. The van der Waals surface area contributed by atoms with Crippen molar-refractivity contribution in [2.45, 2.75) is 24.2 Å². The first kappa shape index (κ1) is 24.5. The second-order valence-electron chi connectivity index (χ2n) is 8.17. The number of hydrogen-bond donors (Lipinski definition) is 2. The monoisotopic (exact) mass is 498 g/mol. The number of hydrogen-bond acceptors (Lipinski definition) is 7. The highest BCUT2D eigenvalue weighted by molar-refractivity contribution is 7.89. The van der Waals surface area contributed by atoms with Gasteiger partial charge in [-0.2, -0.15) is 4.31 Å². The van der Waals surface area contributed by atoms with Crippen molar-refractivity contribution in [1.82, 2.24) is 4.31 Å². The molecule has 3 aromatic carbocycles. The molecule has 9 nitrogen and oxygen atoms in total. The Morgan fingerprint density at radius 3 is 2.37 bits per heavy atom. The van der Waals surface area contributed by atoms with Crippen LogP contribution in [0.25, 0.3) is 10.8 Å². The van der Waals surface area contributed by atoms with Gasteiger partial charge < -0.3 is 19.9 Å². The number of esters is 1. The number of benzene rings is 3. The Hall–Kier alpha value is -3.63. The topological polar surface area (TPSA) is 122 Å². The normalized spacial score (nSPS) is 14.4. The molecule has 35 heavy (non-hydrogen) atoms. The Bertz CT molecular complexity index is 1370. The van der Waals surface area contributed by atoms with Gasteiger partial charge in [0, 0.05) is 18.8 Å². The lowest BCUT2D eigenvalue weighted by molar-refractivity contribution is -0.119. The van der Waals surface area contributed by atoms with E-state index in [1.165, 1.54) is 41.7 Å². The number of methoxy groups -OCH3 is 1. The molecule has 0 unspecified atom stereocenters. The number of nitrogens with zero attached hydrogens (tertiary/aromatic N) is 1. The molecule has 0 aliphatic carbocycles. The van der Waals surface area contributed by atoms with Crippen LogP contribution in [0, 0.1) is 0 Å². The number of amides is 1. The predicted octanol–water partition coefficient (Wildman–Crippen LogP) is 3.52. The van der Waals surface area contributed by atoms with Gasteiger partial charge in [-0.15, -0.1) is 0 Å². The van der Waals surface area contributed by atoms with Gasteiger partial charge >= 0.3 is 5.97 Å². The fraction of sp³-hybridized carbons (Fsp3) is 0.280. The number of phenolic OH excluding ortho intramolecular Hbond substituents is 1. The minimum Gasteiger partial charge on any atom is -0.507 e. The summed E-state index contributed by atoms with van der Waals surface area (Å²) < 4.78 is 38.0. The van der Waals surface area contributed by atoms with Crippen molar-refractivity contribution in [2.75, 3.05) is 32.1 Å². The number of piperidine rings is 1. The van der Waals surface area contributed by atoms with Crippen LogP contribution in [0.4, 0.5) is 5.69 Å². The molecular weight excluding hydrogens is 472 g/mol. The van der Waals surface area contributed by atoms with E-state index < -0.39 is 28.5 Å². The maximum absolute atomic E-state index is 13.1. The average Bonchev–Trinajstić information content (AvgIpc) is 2.87. The van der Waals surface area contributed by atoms with Gasteiger partial charge in [-0.1, -0.05) is 30.7 Å². The number of phenols is 1. The molecule has 0 atom stereocenters. The number of ether oxygens (including phenoxy) is 2. The number of sulfonamides is 1. The van der Waals surface area contributed by atoms with Crippen LogP contribution in [0.3, 0.4) is 0 Å². The minimum absolute atomic E-state index is 0.0437. The molecule has 3 aromatic rings. The zero-order chi connectivity index (χ0) is 25.0. The summed E-state index contributed by atoms with van der Waals surface area (Å²) in [5.41, 5.74) is 0.159. The summed E-state index contributed by atoms with van der Waals surface area (Å²) in [6.45, 7) is 0.241. The lowest BCUT2D eigenvalue weighted by Gasteiger charge is -2.26. The summed E-state index contributed by atoms with van der Waals surface area (Å²) in [7, 11) is -2.42. The van der Waals surface area contributed by atoms with E-state index in [1.54, 1.807) is 18.2 Å². The Balaban J connectivity index is 1.45. The van der Waals surface area contributed by atoms with Gasteiger partial charge in [0.1, 0.15) is 22.0 Å². The van der Waals surface area contributed by atoms with Crippen molar-refractivity contribution in [3.8, 4) is 11.5 Å². The molecule has 0 bridgehead atoms. The van der Waals surface area contributed by atoms with E-state index in [-0.39, 0.29) is 27.6 Å². The van der Waals surface area contributed by atoms with Crippen LogP contribution in [0.5, 0.6) is 11.5 Å². The molecule has 184 valence electrons. The number of carbonyl (C=O) groups excluding carboxylic acids is 2. The molecule has 0 spiro atoms. The second kappa shape index (κ2) is 10.3. The van der Waals surface area contributed by atoms with Crippen molar-refractivity contribution in [3.05, 3.63) is 60.2 Å². The van der Waals surface area contributed by atoms with Gasteiger partial charge in [0.15, 0.2) is 6.61 Å². The summed E-state index contributed by atoms with van der Waals surface area (Å²) in [5, 5.41) is 14.2. The largest absolute Gasteiger partial charge is 0.507 e. The third-order valence-electron chi connectivity index (χ3n) is 5.80. The molecule has 0 aromatic heterocycles. The van der Waals surface area contributed by atoms with Crippen molar-refractivity contribution >= 4 is 38.4 Å². The summed E-state index contributed by atoms with van der Waals surface area (Å²) in [6, 6.07) is 14.4. The van der Waals surface area contributed by atoms with Crippen molar-refractivity contribution in [2.24, 2.45) is 0 Å². The third kappa shape index (κ3) is 5.39. The smallest absolute Gasteiger partial charge is 0.342 e. The summed E-state index contributed by atoms with van der Waals surface area (Å²) in [5.74, 6) is -1.60. The maximum atomic E-state index is 13.1. The minimum atomic E-state index is -3.80. The Morgan fingerprint density at radius 2 is 1.69 bits per heavy atom. The molecule has 1 aliphatic heterocycles. The highest BCUT2D eigenvalue weighted by atomic mass is 32.2. The highest BCUT2D eigenvalue weighted by Crippen LogP contribution is 2.31. The van der Waals surface area contributed by atoms with E-state index in [1.807, 2.05) is 6.07 Å². The summed E-state index contributed by atoms with van der Waals surface area (Å²) >= 11 is 0. The van der Waals surface area contributed by atoms with Crippen molar-refractivity contribution < 1.29 is 32.6 Å². The van der Waals surface area contributed by atoms with Gasteiger partial charge in [-0.3, -0.25) is 4.79 Å². The molecule has 0 saturated carbocycles. The predicted molar refractivity (Wildman–Crippen MR) is 130 cm³/mol. The number of aromatic hydroxyl groups is 1. The molecule has 0 radical (unpaired) electrons. The fourth-order valence-corrected chi connectivity index (χ4v) is 5.70. The van der Waals surface area contributed by atoms with Gasteiger partial charge in [0.2, 0.25) is 10.0 Å². The van der Waals surface area contributed by atoms with Crippen LogP contribution >= 0.6 is 0 Å². The van der Waals surface area contributed by atoms with Gasteiger partial charge in [0.05, 0.1) is 7.11 Å². The first-order chi connectivity index (χ1) is 16.8. The number of nitrogens with one attached hydrogen (secondary N) is 1. The molecular formula is C25H26N2O7S. The zero-order valence-electron chi connectivity index (χ0n) is 19.2. The molecule has 1 fully saturated rings. The number of rotatable bonds is 7. The second-order valence-corrected chi connectivity index (χ2v) is 10.1. The third-order valence-corrected chi connectivity index (χ3v) is 7.72. The van der Waals surface area contributed by atoms with Crippen molar-refractivity contribution in [3.63, 3.8) is 0 Å². The van der Waals surface area contributed by atoms with Crippen LogP contribution in [0.1, 0.15) is 29.6 Å². The van der Waals surface area contributed by atoms with E-state index >= 15 is 0 Å². The zero-order valence-corrected chi connectivity index (χ0v) is 20.0. The van der Waals surface area contributed by atoms with E-state index in [0.717, 1.165) is 30.0 Å².